The van der Waals surface area contributed by atoms with Crippen molar-refractivity contribution in [2.75, 3.05) is 17.5 Å². The quantitative estimate of drug-likeness (QED) is 0.455. The van der Waals surface area contributed by atoms with E-state index in [-0.39, 0.29) is 35.7 Å². The Balaban J connectivity index is 1.94. The predicted molar refractivity (Wildman–Crippen MR) is 107 cm³/mol. The van der Waals surface area contributed by atoms with Crippen molar-refractivity contribution in [2.45, 2.75) is 23.6 Å². The first kappa shape index (κ1) is 23.3. The van der Waals surface area contributed by atoms with Crippen molar-refractivity contribution in [1.82, 2.24) is 0 Å². The van der Waals surface area contributed by atoms with Crippen LogP contribution < -0.4 is 4.31 Å². The van der Waals surface area contributed by atoms with E-state index >= 15 is 0 Å². The third-order valence-electron chi connectivity index (χ3n) is 4.55. The largest absolute Gasteiger partial charge is 0.463 e. The van der Waals surface area contributed by atoms with E-state index in [0.29, 0.717) is 6.07 Å². The van der Waals surface area contributed by atoms with Gasteiger partial charge < -0.3 is 9.47 Å². The molecule has 0 spiro atoms. The Labute approximate surface area is 182 Å². The second kappa shape index (κ2) is 9.03. The Hall–Kier alpha value is -3.34. The molecule has 0 saturated carbocycles. The minimum Gasteiger partial charge on any atom is -0.463 e. The van der Waals surface area contributed by atoms with Gasteiger partial charge in [0.15, 0.2) is 0 Å². The number of carbonyl (C=O) groups excluding carboxylic acids is 2. The molecule has 11 heteroatoms. The number of ether oxygens (including phenoxy) is 2. The highest BCUT2D eigenvalue weighted by atomic mass is 32.2. The standard InChI is InChI=1S/C21H18F3NO6S/c1-2-10-25(16-7-4-6-15(13-16)21(22,23)24)32(28,29)17-8-3-5-14(12-17)19(26)31-18-9-11-30-20(18)27/h2-8,12-13,18H,1,9-11H2/t18-/m0/s1. The number of rotatable bonds is 7. The fourth-order valence-corrected chi connectivity index (χ4v) is 4.46. The Morgan fingerprint density at radius 3 is 2.56 bits per heavy atom. The Kier molecular flexibility index (Phi) is 6.58. The van der Waals surface area contributed by atoms with Crippen LogP contribution in [0.5, 0.6) is 0 Å². The number of hydrogen-bond donors (Lipinski definition) is 0. The number of carbonyl (C=O) groups is 2. The van der Waals surface area contributed by atoms with E-state index in [2.05, 4.69) is 6.58 Å². The molecule has 0 unspecified atom stereocenters. The van der Waals surface area contributed by atoms with Crippen LogP contribution in [-0.4, -0.2) is 39.6 Å². The summed E-state index contributed by atoms with van der Waals surface area (Å²) in [5.74, 6) is -1.62. The van der Waals surface area contributed by atoms with Crippen LogP contribution in [0.2, 0.25) is 0 Å². The third-order valence-corrected chi connectivity index (χ3v) is 6.34. The average molecular weight is 469 g/mol. The first-order valence-electron chi connectivity index (χ1n) is 9.32. The number of hydrogen-bond acceptors (Lipinski definition) is 6. The minimum atomic E-state index is -4.66. The first-order valence-corrected chi connectivity index (χ1v) is 10.8. The van der Waals surface area contributed by atoms with Crippen molar-refractivity contribution in [3.63, 3.8) is 0 Å². The zero-order chi connectivity index (χ0) is 23.5. The van der Waals surface area contributed by atoms with Gasteiger partial charge in [0, 0.05) is 6.42 Å². The maximum absolute atomic E-state index is 13.2. The van der Waals surface area contributed by atoms with Crippen molar-refractivity contribution in [2.24, 2.45) is 0 Å². The number of sulfonamides is 1. The lowest BCUT2D eigenvalue weighted by Gasteiger charge is -2.24. The molecule has 0 aromatic heterocycles. The maximum Gasteiger partial charge on any atom is 0.416 e. The van der Waals surface area contributed by atoms with Gasteiger partial charge in [0.25, 0.3) is 10.0 Å². The van der Waals surface area contributed by atoms with Gasteiger partial charge in [-0.25, -0.2) is 18.0 Å². The van der Waals surface area contributed by atoms with Crippen LogP contribution in [0, 0.1) is 0 Å². The van der Waals surface area contributed by atoms with Crippen LogP contribution in [0.4, 0.5) is 18.9 Å². The molecule has 1 fully saturated rings. The third kappa shape index (κ3) is 4.93. The molecular formula is C21H18F3NO6S. The van der Waals surface area contributed by atoms with E-state index in [4.69, 9.17) is 9.47 Å². The number of cyclic esters (lactones) is 1. The maximum atomic E-state index is 13.2. The lowest BCUT2D eigenvalue weighted by molar-refractivity contribution is -0.145. The molecule has 170 valence electrons. The Morgan fingerprint density at radius 2 is 1.94 bits per heavy atom. The molecule has 0 bridgehead atoms. The summed E-state index contributed by atoms with van der Waals surface area (Å²) in [6, 6.07) is 8.66. The molecule has 0 aliphatic carbocycles. The highest BCUT2D eigenvalue weighted by molar-refractivity contribution is 7.92. The molecular weight excluding hydrogens is 451 g/mol. The molecule has 0 N–H and O–H groups in total. The van der Waals surface area contributed by atoms with Crippen molar-refractivity contribution >= 4 is 27.6 Å². The van der Waals surface area contributed by atoms with Gasteiger partial charge in [-0.2, -0.15) is 13.2 Å². The van der Waals surface area contributed by atoms with Crippen molar-refractivity contribution < 1.29 is 40.7 Å². The zero-order valence-corrected chi connectivity index (χ0v) is 17.4. The predicted octanol–water partition coefficient (Wildman–Crippen LogP) is 3.56. The molecule has 1 atom stereocenters. The summed E-state index contributed by atoms with van der Waals surface area (Å²) in [4.78, 5) is 23.5. The summed E-state index contributed by atoms with van der Waals surface area (Å²) >= 11 is 0. The van der Waals surface area contributed by atoms with Crippen LogP contribution in [0.15, 0.2) is 66.1 Å². The van der Waals surface area contributed by atoms with Gasteiger partial charge in [-0.1, -0.05) is 18.2 Å². The number of alkyl halides is 3. The molecule has 1 aliphatic heterocycles. The molecule has 1 aliphatic rings. The van der Waals surface area contributed by atoms with Crippen LogP contribution in [-0.2, 0) is 30.5 Å². The highest BCUT2D eigenvalue weighted by Gasteiger charge is 2.33. The van der Waals surface area contributed by atoms with Crippen molar-refractivity contribution in [3.8, 4) is 0 Å². The Bertz CT molecular complexity index is 1150. The number of halogens is 3. The highest BCUT2D eigenvalue weighted by Crippen LogP contribution is 2.33. The summed E-state index contributed by atoms with van der Waals surface area (Å²) in [6.07, 6.45) is -4.33. The van der Waals surface area contributed by atoms with Gasteiger partial charge in [-0.05, 0) is 36.4 Å². The fourth-order valence-electron chi connectivity index (χ4n) is 2.99. The van der Waals surface area contributed by atoms with E-state index in [1.54, 1.807) is 0 Å². The monoisotopic (exact) mass is 469 g/mol. The van der Waals surface area contributed by atoms with Gasteiger partial charge in [0.2, 0.25) is 6.10 Å². The topological polar surface area (TPSA) is 90.0 Å². The summed E-state index contributed by atoms with van der Waals surface area (Å²) in [6.45, 7) is 3.26. The summed E-state index contributed by atoms with van der Waals surface area (Å²) in [5.41, 5.74) is -1.38. The number of nitrogens with zero attached hydrogens (tertiary/aromatic N) is 1. The first-order chi connectivity index (χ1) is 15.0. The molecule has 7 nitrogen and oxygen atoms in total. The lowest BCUT2D eigenvalue weighted by Crippen LogP contribution is -2.31. The van der Waals surface area contributed by atoms with Crippen molar-refractivity contribution in [3.05, 3.63) is 72.3 Å². The molecule has 0 amide bonds. The van der Waals surface area contributed by atoms with E-state index in [1.165, 1.54) is 30.3 Å². The van der Waals surface area contributed by atoms with Crippen LogP contribution in [0.25, 0.3) is 0 Å². The van der Waals surface area contributed by atoms with Crippen LogP contribution in [0.1, 0.15) is 22.3 Å². The summed E-state index contributed by atoms with van der Waals surface area (Å²) < 4.78 is 76.3. The lowest BCUT2D eigenvalue weighted by atomic mass is 10.2. The van der Waals surface area contributed by atoms with Gasteiger partial charge in [-0.3, -0.25) is 4.31 Å². The van der Waals surface area contributed by atoms with Crippen LogP contribution >= 0.6 is 0 Å². The normalized spacial score (nSPS) is 16.3. The minimum absolute atomic E-state index is 0.110. The van der Waals surface area contributed by atoms with Gasteiger partial charge in [0.05, 0.1) is 34.9 Å². The number of esters is 2. The smallest absolute Gasteiger partial charge is 0.416 e. The van der Waals surface area contributed by atoms with Crippen molar-refractivity contribution in [1.29, 1.82) is 0 Å². The molecule has 3 rings (SSSR count). The van der Waals surface area contributed by atoms with Crippen LogP contribution in [0.3, 0.4) is 0 Å². The van der Waals surface area contributed by atoms with Gasteiger partial charge in [0.1, 0.15) is 0 Å². The SMILES string of the molecule is C=CCN(c1cccc(C(F)(F)F)c1)S(=O)(=O)c1cccc(C(=O)O[C@H]2CCOC2=O)c1. The van der Waals surface area contributed by atoms with Gasteiger partial charge >= 0.3 is 18.1 Å². The second-order valence-electron chi connectivity index (χ2n) is 6.75. The Morgan fingerprint density at radius 1 is 1.22 bits per heavy atom. The molecule has 0 radical (unpaired) electrons. The summed E-state index contributed by atoms with van der Waals surface area (Å²) in [5, 5.41) is 0. The van der Waals surface area contributed by atoms with E-state index in [9.17, 15) is 31.2 Å². The molecule has 2 aromatic carbocycles. The molecule has 1 heterocycles. The fraction of sp³-hybridized carbons (Fsp3) is 0.238. The van der Waals surface area contributed by atoms with E-state index < -0.39 is 39.8 Å². The number of anilines is 1. The van der Waals surface area contributed by atoms with E-state index in [1.807, 2.05) is 0 Å². The van der Waals surface area contributed by atoms with Gasteiger partial charge in [-0.15, -0.1) is 6.58 Å². The second-order valence-corrected chi connectivity index (χ2v) is 8.61. The number of benzene rings is 2. The van der Waals surface area contributed by atoms with E-state index in [0.717, 1.165) is 22.5 Å². The average Bonchev–Trinajstić information content (AvgIpc) is 3.15. The molecule has 32 heavy (non-hydrogen) atoms. The summed E-state index contributed by atoms with van der Waals surface area (Å²) in [7, 11) is -4.38. The molecule has 2 aromatic rings. The molecule has 1 saturated heterocycles. The zero-order valence-electron chi connectivity index (χ0n) is 16.5.